The fourth-order valence-corrected chi connectivity index (χ4v) is 1.93. The molecule has 1 atom stereocenters. The molecule has 0 bridgehead atoms. The van der Waals surface area contributed by atoms with Crippen LogP contribution in [0.2, 0.25) is 0 Å². The second-order valence-electron chi connectivity index (χ2n) is 4.09. The molecule has 0 saturated heterocycles. The molecule has 0 aromatic heterocycles. The zero-order valence-electron chi connectivity index (χ0n) is 9.34. The fourth-order valence-electron chi connectivity index (χ4n) is 1.93. The molecule has 1 rings (SSSR count). The zero-order valence-corrected chi connectivity index (χ0v) is 9.34. The largest absolute Gasteiger partial charge is 0.316 e. The number of nitrogens with zero attached hydrogens (tertiary/aromatic N) is 1. The highest BCUT2D eigenvalue weighted by atomic mass is 15.2. The molecule has 2 nitrogen and oxygen atoms in total. The molecule has 0 aromatic rings. The van der Waals surface area contributed by atoms with Gasteiger partial charge in [0.05, 0.1) is 0 Å². The van der Waals surface area contributed by atoms with Crippen LogP contribution in [0.5, 0.6) is 0 Å². The Balaban J connectivity index is 2.24. The minimum Gasteiger partial charge on any atom is -0.316 e. The van der Waals surface area contributed by atoms with Gasteiger partial charge in [-0.3, -0.25) is 4.90 Å². The molecular formula is C11H24N2. The van der Waals surface area contributed by atoms with Crippen LogP contribution in [0.15, 0.2) is 0 Å². The van der Waals surface area contributed by atoms with Crippen molar-refractivity contribution in [2.45, 2.75) is 51.6 Å². The van der Waals surface area contributed by atoms with Gasteiger partial charge in [0.2, 0.25) is 0 Å². The Labute approximate surface area is 82.7 Å². The smallest absolute Gasteiger partial charge is 0.0192 e. The zero-order chi connectivity index (χ0) is 9.68. The second kappa shape index (κ2) is 5.61. The van der Waals surface area contributed by atoms with Gasteiger partial charge in [0.1, 0.15) is 0 Å². The standard InChI is InChI=1S/C11H24N2/c1-4-6-10(12-3)9-13(5-2)11-7-8-11/h10-12H,4-9H2,1-3H3. The summed E-state index contributed by atoms with van der Waals surface area (Å²) in [5, 5.41) is 3.41. The molecule has 1 fully saturated rings. The van der Waals surface area contributed by atoms with Crippen molar-refractivity contribution in [1.29, 1.82) is 0 Å². The van der Waals surface area contributed by atoms with E-state index < -0.39 is 0 Å². The van der Waals surface area contributed by atoms with Crippen LogP contribution in [0.25, 0.3) is 0 Å². The molecule has 0 radical (unpaired) electrons. The lowest BCUT2D eigenvalue weighted by molar-refractivity contribution is 0.242. The maximum atomic E-state index is 3.41. The van der Waals surface area contributed by atoms with Crippen molar-refractivity contribution >= 4 is 0 Å². The van der Waals surface area contributed by atoms with Crippen LogP contribution in [0, 0.1) is 0 Å². The first-order valence-electron chi connectivity index (χ1n) is 5.73. The maximum Gasteiger partial charge on any atom is 0.0192 e. The molecular weight excluding hydrogens is 160 g/mol. The molecule has 0 amide bonds. The van der Waals surface area contributed by atoms with Crippen molar-refractivity contribution in [1.82, 2.24) is 10.2 Å². The number of hydrogen-bond donors (Lipinski definition) is 1. The van der Waals surface area contributed by atoms with Gasteiger partial charge in [0, 0.05) is 18.6 Å². The predicted molar refractivity (Wildman–Crippen MR) is 58.0 cm³/mol. The third kappa shape index (κ3) is 3.65. The van der Waals surface area contributed by atoms with Crippen molar-refractivity contribution in [3.63, 3.8) is 0 Å². The van der Waals surface area contributed by atoms with E-state index in [1.54, 1.807) is 0 Å². The van der Waals surface area contributed by atoms with E-state index in [4.69, 9.17) is 0 Å². The molecule has 2 heteroatoms. The number of hydrogen-bond acceptors (Lipinski definition) is 2. The molecule has 0 aliphatic heterocycles. The summed E-state index contributed by atoms with van der Waals surface area (Å²) < 4.78 is 0. The van der Waals surface area contributed by atoms with E-state index in [2.05, 4.69) is 31.1 Å². The van der Waals surface area contributed by atoms with Crippen LogP contribution in [0.3, 0.4) is 0 Å². The molecule has 0 spiro atoms. The SMILES string of the molecule is CCCC(CN(CC)C1CC1)NC. The lowest BCUT2D eigenvalue weighted by atomic mass is 10.1. The van der Waals surface area contributed by atoms with Crippen molar-refractivity contribution in [3.8, 4) is 0 Å². The topological polar surface area (TPSA) is 15.3 Å². The second-order valence-corrected chi connectivity index (χ2v) is 4.09. The highest BCUT2D eigenvalue weighted by molar-refractivity contribution is 4.86. The van der Waals surface area contributed by atoms with E-state index >= 15 is 0 Å². The molecule has 1 N–H and O–H groups in total. The van der Waals surface area contributed by atoms with Crippen LogP contribution in [0.4, 0.5) is 0 Å². The van der Waals surface area contributed by atoms with Gasteiger partial charge in [0.25, 0.3) is 0 Å². The van der Waals surface area contributed by atoms with Gasteiger partial charge in [-0.25, -0.2) is 0 Å². The first-order valence-corrected chi connectivity index (χ1v) is 5.73. The Morgan fingerprint density at radius 3 is 2.46 bits per heavy atom. The highest BCUT2D eigenvalue weighted by Gasteiger charge is 2.28. The van der Waals surface area contributed by atoms with Crippen molar-refractivity contribution < 1.29 is 0 Å². The van der Waals surface area contributed by atoms with Gasteiger partial charge in [0.15, 0.2) is 0 Å². The number of likely N-dealkylation sites (N-methyl/N-ethyl adjacent to an activating group) is 2. The molecule has 1 aliphatic carbocycles. The van der Waals surface area contributed by atoms with Gasteiger partial charge in [-0.1, -0.05) is 20.3 Å². The van der Waals surface area contributed by atoms with Crippen molar-refractivity contribution in [3.05, 3.63) is 0 Å². The van der Waals surface area contributed by atoms with Crippen LogP contribution in [-0.2, 0) is 0 Å². The normalized spacial score (nSPS) is 19.4. The Morgan fingerprint density at radius 2 is 2.08 bits per heavy atom. The van der Waals surface area contributed by atoms with Gasteiger partial charge < -0.3 is 5.32 Å². The van der Waals surface area contributed by atoms with Crippen LogP contribution < -0.4 is 5.32 Å². The van der Waals surface area contributed by atoms with Crippen molar-refractivity contribution in [2.75, 3.05) is 20.1 Å². The first kappa shape index (κ1) is 11.0. The minimum atomic E-state index is 0.700. The van der Waals surface area contributed by atoms with E-state index in [1.807, 2.05) is 0 Å². The summed E-state index contributed by atoms with van der Waals surface area (Å²) in [6.07, 6.45) is 5.44. The van der Waals surface area contributed by atoms with E-state index in [-0.39, 0.29) is 0 Å². The summed E-state index contributed by atoms with van der Waals surface area (Å²) in [5.41, 5.74) is 0. The Kier molecular flexibility index (Phi) is 4.74. The van der Waals surface area contributed by atoms with E-state index in [0.29, 0.717) is 6.04 Å². The van der Waals surface area contributed by atoms with Gasteiger partial charge in [-0.2, -0.15) is 0 Å². The fraction of sp³-hybridized carbons (Fsp3) is 1.00. The van der Waals surface area contributed by atoms with Gasteiger partial charge >= 0.3 is 0 Å². The third-order valence-electron chi connectivity index (χ3n) is 2.97. The van der Waals surface area contributed by atoms with E-state index in [0.717, 1.165) is 6.04 Å². The summed E-state index contributed by atoms with van der Waals surface area (Å²) in [5.74, 6) is 0. The quantitative estimate of drug-likeness (QED) is 0.649. The van der Waals surface area contributed by atoms with Crippen LogP contribution >= 0.6 is 0 Å². The lowest BCUT2D eigenvalue weighted by Crippen LogP contribution is -2.40. The third-order valence-corrected chi connectivity index (χ3v) is 2.97. The monoisotopic (exact) mass is 184 g/mol. The van der Waals surface area contributed by atoms with Crippen molar-refractivity contribution in [2.24, 2.45) is 0 Å². The molecule has 1 unspecified atom stereocenters. The Bertz CT molecular complexity index is 132. The Hall–Kier alpha value is -0.0800. The highest BCUT2D eigenvalue weighted by Crippen LogP contribution is 2.26. The summed E-state index contributed by atoms with van der Waals surface area (Å²) >= 11 is 0. The predicted octanol–water partition coefficient (Wildman–Crippen LogP) is 1.86. The van der Waals surface area contributed by atoms with Gasteiger partial charge in [-0.15, -0.1) is 0 Å². The van der Waals surface area contributed by atoms with E-state index in [1.165, 1.54) is 38.8 Å². The Morgan fingerprint density at radius 1 is 1.38 bits per heavy atom. The summed E-state index contributed by atoms with van der Waals surface area (Å²) in [6.45, 7) is 6.99. The molecule has 78 valence electrons. The summed E-state index contributed by atoms with van der Waals surface area (Å²) in [7, 11) is 2.08. The van der Waals surface area contributed by atoms with Crippen LogP contribution in [-0.4, -0.2) is 37.1 Å². The molecule has 1 saturated carbocycles. The number of nitrogens with one attached hydrogen (secondary N) is 1. The lowest BCUT2D eigenvalue weighted by Gasteiger charge is -2.25. The average Bonchev–Trinajstić information content (AvgIpc) is 2.95. The number of rotatable bonds is 7. The molecule has 1 aliphatic rings. The summed E-state index contributed by atoms with van der Waals surface area (Å²) in [6, 6.07) is 1.61. The summed E-state index contributed by atoms with van der Waals surface area (Å²) in [4.78, 5) is 2.62. The van der Waals surface area contributed by atoms with E-state index in [9.17, 15) is 0 Å². The van der Waals surface area contributed by atoms with Gasteiger partial charge in [-0.05, 0) is 32.9 Å². The molecule has 0 heterocycles. The molecule has 13 heavy (non-hydrogen) atoms. The van der Waals surface area contributed by atoms with Crippen LogP contribution in [0.1, 0.15) is 39.5 Å². The minimum absolute atomic E-state index is 0.700. The maximum absolute atomic E-state index is 3.41. The average molecular weight is 184 g/mol. The first-order chi connectivity index (χ1) is 6.31. The molecule has 0 aromatic carbocycles.